The van der Waals surface area contributed by atoms with Crippen LogP contribution in [0.3, 0.4) is 0 Å². The summed E-state index contributed by atoms with van der Waals surface area (Å²) in [6, 6.07) is 4.55. The number of methoxy groups -OCH3 is 2. The average Bonchev–Trinajstić information content (AvgIpc) is 2.60. The summed E-state index contributed by atoms with van der Waals surface area (Å²) in [7, 11) is -0.895. The molecular weight excluding hydrogens is 346 g/mol. The Balaban J connectivity index is 2.00. The van der Waals surface area contributed by atoms with Gasteiger partial charge < -0.3 is 14.5 Å². The summed E-state index contributed by atoms with van der Waals surface area (Å²) in [5.74, 6) is 1.17. The molecular formula is C16H19N3O5S. The van der Waals surface area contributed by atoms with E-state index in [0.717, 1.165) is 0 Å². The third-order valence-electron chi connectivity index (χ3n) is 4.15. The zero-order valence-electron chi connectivity index (χ0n) is 14.2. The molecule has 0 unspecified atom stereocenters. The molecule has 0 atom stereocenters. The third kappa shape index (κ3) is 3.12. The molecule has 0 aliphatic carbocycles. The molecule has 1 N–H and O–H groups in total. The maximum atomic E-state index is 13.0. The van der Waals surface area contributed by atoms with Crippen molar-refractivity contribution in [2.45, 2.75) is 24.8 Å². The number of benzene rings is 1. The molecule has 0 saturated carbocycles. The van der Waals surface area contributed by atoms with Crippen molar-refractivity contribution < 1.29 is 17.9 Å². The standard InChI is InChI=1S/C16H19N3O5S/c1-10-17-13-9-19(7-6-12(13)16(20)18-10)25(21,22)15-5-4-11(23-2)8-14(15)24-3/h4-5,8H,6-7,9H2,1-3H3,(H,17,18,20). The van der Waals surface area contributed by atoms with Crippen LogP contribution in [-0.4, -0.2) is 43.5 Å². The van der Waals surface area contributed by atoms with E-state index in [1.54, 1.807) is 13.0 Å². The van der Waals surface area contributed by atoms with Crippen LogP contribution in [-0.2, 0) is 23.0 Å². The van der Waals surface area contributed by atoms with Gasteiger partial charge in [0.1, 0.15) is 22.2 Å². The molecule has 2 aromatic rings. The summed E-state index contributed by atoms with van der Waals surface area (Å²) in [5, 5.41) is 0. The number of rotatable bonds is 4. The van der Waals surface area contributed by atoms with Crippen molar-refractivity contribution in [1.82, 2.24) is 14.3 Å². The van der Waals surface area contributed by atoms with Gasteiger partial charge in [0.05, 0.1) is 26.5 Å². The summed E-state index contributed by atoms with van der Waals surface area (Å²) >= 11 is 0. The molecule has 0 saturated heterocycles. The molecule has 1 aromatic heterocycles. The normalized spacial score (nSPS) is 14.8. The van der Waals surface area contributed by atoms with Gasteiger partial charge in [0.15, 0.2) is 0 Å². The van der Waals surface area contributed by atoms with Crippen LogP contribution in [0.15, 0.2) is 27.9 Å². The summed E-state index contributed by atoms with van der Waals surface area (Å²) in [5.41, 5.74) is 0.823. The van der Waals surface area contributed by atoms with E-state index in [-0.39, 0.29) is 29.3 Å². The lowest BCUT2D eigenvalue weighted by atomic mass is 10.1. The Hall–Kier alpha value is -2.39. The molecule has 0 amide bonds. The molecule has 9 heteroatoms. The Kier molecular flexibility index (Phi) is 4.53. The van der Waals surface area contributed by atoms with Crippen LogP contribution in [0, 0.1) is 6.92 Å². The summed E-state index contributed by atoms with van der Waals surface area (Å²) < 4.78 is 37.7. The summed E-state index contributed by atoms with van der Waals surface area (Å²) in [6.45, 7) is 1.93. The maximum absolute atomic E-state index is 13.0. The lowest BCUT2D eigenvalue weighted by Crippen LogP contribution is -2.39. The van der Waals surface area contributed by atoms with Crippen molar-refractivity contribution in [3.05, 3.63) is 45.6 Å². The van der Waals surface area contributed by atoms with Crippen LogP contribution < -0.4 is 15.0 Å². The summed E-state index contributed by atoms with van der Waals surface area (Å²) in [6.07, 6.45) is 0.315. The van der Waals surface area contributed by atoms with Crippen LogP contribution in [0.25, 0.3) is 0 Å². The molecule has 0 spiro atoms. The molecule has 1 aliphatic rings. The van der Waals surface area contributed by atoms with E-state index in [2.05, 4.69) is 9.97 Å². The van der Waals surface area contributed by atoms with Gasteiger partial charge in [-0.15, -0.1) is 0 Å². The van der Waals surface area contributed by atoms with Gasteiger partial charge in [-0.1, -0.05) is 0 Å². The SMILES string of the molecule is COc1ccc(S(=O)(=O)N2CCc3c(nc(C)[nH]c3=O)C2)c(OC)c1. The Morgan fingerprint density at radius 3 is 2.68 bits per heavy atom. The number of aromatic nitrogens is 2. The first kappa shape index (κ1) is 17.4. The minimum absolute atomic E-state index is 0.0532. The first-order chi connectivity index (χ1) is 11.9. The average molecular weight is 365 g/mol. The highest BCUT2D eigenvalue weighted by atomic mass is 32.2. The van der Waals surface area contributed by atoms with E-state index in [4.69, 9.17) is 9.47 Å². The molecule has 1 aliphatic heterocycles. The predicted molar refractivity (Wildman–Crippen MR) is 90.4 cm³/mol. The fraction of sp³-hybridized carbons (Fsp3) is 0.375. The van der Waals surface area contributed by atoms with E-state index in [1.165, 1.54) is 30.7 Å². The highest BCUT2D eigenvalue weighted by Crippen LogP contribution is 2.32. The predicted octanol–water partition coefficient (Wildman–Crippen LogP) is 0.843. The monoisotopic (exact) mass is 365 g/mol. The van der Waals surface area contributed by atoms with Crippen molar-refractivity contribution in [3.8, 4) is 11.5 Å². The van der Waals surface area contributed by atoms with Crippen molar-refractivity contribution in [1.29, 1.82) is 0 Å². The first-order valence-electron chi connectivity index (χ1n) is 7.67. The molecule has 3 rings (SSSR count). The second kappa shape index (κ2) is 6.49. The van der Waals surface area contributed by atoms with Crippen LogP contribution >= 0.6 is 0 Å². The molecule has 25 heavy (non-hydrogen) atoms. The molecule has 2 heterocycles. The first-order valence-corrected chi connectivity index (χ1v) is 9.11. The lowest BCUT2D eigenvalue weighted by Gasteiger charge is -2.27. The van der Waals surface area contributed by atoms with Crippen LogP contribution in [0.1, 0.15) is 17.1 Å². The number of nitrogens with one attached hydrogen (secondary N) is 1. The number of aryl methyl sites for hydroxylation is 1. The van der Waals surface area contributed by atoms with E-state index in [9.17, 15) is 13.2 Å². The van der Waals surface area contributed by atoms with Gasteiger partial charge in [-0.25, -0.2) is 13.4 Å². The second-order valence-corrected chi connectivity index (χ2v) is 7.59. The molecule has 0 radical (unpaired) electrons. The van der Waals surface area contributed by atoms with Crippen molar-refractivity contribution >= 4 is 10.0 Å². The van der Waals surface area contributed by atoms with Gasteiger partial charge >= 0.3 is 0 Å². The zero-order chi connectivity index (χ0) is 18.2. The summed E-state index contributed by atoms with van der Waals surface area (Å²) in [4.78, 5) is 19.0. The van der Waals surface area contributed by atoms with Crippen LogP contribution in [0.4, 0.5) is 0 Å². The molecule has 0 bridgehead atoms. The molecule has 134 valence electrons. The highest BCUT2D eigenvalue weighted by Gasteiger charge is 2.32. The maximum Gasteiger partial charge on any atom is 0.254 e. The van der Waals surface area contributed by atoms with Gasteiger partial charge in [-0.05, 0) is 25.5 Å². The Labute approximate surface area is 145 Å². The van der Waals surface area contributed by atoms with Crippen LogP contribution in [0.5, 0.6) is 11.5 Å². The number of nitrogens with zero attached hydrogens (tertiary/aromatic N) is 2. The Morgan fingerprint density at radius 1 is 1.24 bits per heavy atom. The zero-order valence-corrected chi connectivity index (χ0v) is 15.0. The number of H-pyrrole nitrogens is 1. The smallest absolute Gasteiger partial charge is 0.254 e. The number of hydrogen-bond acceptors (Lipinski definition) is 6. The number of sulfonamides is 1. The number of fused-ring (bicyclic) bond motifs is 1. The van der Waals surface area contributed by atoms with E-state index < -0.39 is 10.0 Å². The largest absolute Gasteiger partial charge is 0.497 e. The quantitative estimate of drug-likeness (QED) is 0.862. The topological polar surface area (TPSA) is 102 Å². The lowest BCUT2D eigenvalue weighted by molar-refractivity contribution is 0.368. The molecule has 1 aromatic carbocycles. The van der Waals surface area contributed by atoms with Gasteiger partial charge in [-0.2, -0.15) is 4.31 Å². The van der Waals surface area contributed by atoms with Crippen molar-refractivity contribution in [2.24, 2.45) is 0 Å². The van der Waals surface area contributed by atoms with E-state index >= 15 is 0 Å². The molecule has 8 nitrogen and oxygen atoms in total. The van der Waals surface area contributed by atoms with Gasteiger partial charge in [0.25, 0.3) is 5.56 Å². The number of aromatic amines is 1. The van der Waals surface area contributed by atoms with Gasteiger partial charge in [-0.3, -0.25) is 4.79 Å². The molecule has 0 fully saturated rings. The van der Waals surface area contributed by atoms with Gasteiger partial charge in [0, 0.05) is 18.2 Å². The second-order valence-electron chi connectivity index (χ2n) is 5.68. The Morgan fingerprint density at radius 2 is 2.00 bits per heavy atom. The fourth-order valence-corrected chi connectivity index (χ4v) is 4.41. The van der Waals surface area contributed by atoms with E-state index in [0.29, 0.717) is 29.3 Å². The fourth-order valence-electron chi connectivity index (χ4n) is 2.87. The van der Waals surface area contributed by atoms with Crippen molar-refractivity contribution in [2.75, 3.05) is 20.8 Å². The van der Waals surface area contributed by atoms with Gasteiger partial charge in [0.2, 0.25) is 10.0 Å². The minimum atomic E-state index is -3.80. The van der Waals surface area contributed by atoms with Crippen molar-refractivity contribution in [3.63, 3.8) is 0 Å². The Bertz CT molecular complexity index is 968. The number of hydrogen-bond donors (Lipinski definition) is 1. The highest BCUT2D eigenvalue weighted by molar-refractivity contribution is 7.89. The third-order valence-corrected chi connectivity index (χ3v) is 6.03. The van der Waals surface area contributed by atoms with Crippen LogP contribution in [0.2, 0.25) is 0 Å². The minimum Gasteiger partial charge on any atom is -0.497 e. The number of ether oxygens (including phenoxy) is 2. The van der Waals surface area contributed by atoms with E-state index in [1.807, 2.05) is 0 Å².